The molecule has 1 aliphatic heterocycles. The Morgan fingerprint density at radius 3 is 2.28 bits per heavy atom. The van der Waals surface area contributed by atoms with Crippen LogP contribution >= 0.6 is 0 Å². The zero-order valence-electron chi connectivity index (χ0n) is 9.92. The number of hydrogen-bond donors (Lipinski definition) is 0. The van der Waals surface area contributed by atoms with Gasteiger partial charge in [-0.25, -0.2) is 8.42 Å². The summed E-state index contributed by atoms with van der Waals surface area (Å²) in [5, 5.41) is 0. The van der Waals surface area contributed by atoms with Gasteiger partial charge in [0, 0.05) is 24.8 Å². The van der Waals surface area contributed by atoms with E-state index in [0.29, 0.717) is 18.5 Å². The van der Waals surface area contributed by atoms with Crippen LogP contribution in [-0.2, 0) is 14.6 Å². The number of carbonyl (C=O) groups is 2. The van der Waals surface area contributed by atoms with Crippen molar-refractivity contribution in [2.24, 2.45) is 0 Å². The van der Waals surface area contributed by atoms with Gasteiger partial charge in [0.05, 0.1) is 11.4 Å². The average Bonchev–Trinajstić information content (AvgIpc) is 2.33. The van der Waals surface area contributed by atoms with Crippen molar-refractivity contribution < 1.29 is 18.0 Å². The second-order valence-corrected chi connectivity index (χ2v) is 6.30. The Hall–Kier alpha value is -1.69. The fourth-order valence-electron chi connectivity index (χ4n) is 1.68. The summed E-state index contributed by atoms with van der Waals surface area (Å²) < 4.78 is 22.5. The van der Waals surface area contributed by atoms with Crippen LogP contribution in [0.25, 0.3) is 0 Å². The molecule has 0 aromatic heterocycles. The molecule has 1 fully saturated rings. The van der Waals surface area contributed by atoms with Crippen molar-refractivity contribution in [2.45, 2.75) is 11.3 Å². The monoisotopic (exact) mass is 267 g/mol. The van der Waals surface area contributed by atoms with E-state index in [0.717, 1.165) is 6.26 Å². The van der Waals surface area contributed by atoms with E-state index in [1.165, 1.54) is 29.2 Å². The second-order valence-electron chi connectivity index (χ2n) is 4.29. The number of Topliss-reactive ketones (excluding diaryl/α,β-unsaturated/α-hetero) is 1. The van der Waals surface area contributed by atoms with Crippen LogP contribution in [0.15, 0.2) is 29.2 Å². The zero-order valence-corrected chi connectivity index (χ0v) is 10.7. The van der Waals surface area contributed by atoms with E-state index >= 15 is 0 Å². The third-order valence-corrected chi connectivity index (χ3v) is 4.02. The molecule has 0 unspecified atom stereocenters. The van der Waals surface area contributed by atoms with E-state index in [9.17, 15) is 18.0 Å². The van der Waals surface area contributed by atoms with Crippen molar-refractivity contribution in [3.05, 3.63) is 29.8 Å². The van der Waals surface area contributed by atoms with Gasteiger partial charge in [0.2, 0.25) is 5.91 Å². The smallest absolute Gasteiger partial charge is 0.224 e. The van der Waals surface area contributed by atoms with Crippen LogP contribution in [-0.4, -0.2) is 44.4 Å². The quantitative estimate of drug-likeness (QED) is 0.588. The predicted molar refractivity (Wildman–Crippen MR) is 65.1 cm³/mol. The van der Waals surface area contributed by atoms with Gasteiger partial charge < -0.3 is 4.90 Å². The third kappa shape index (κ3) is 2.59. The number of benzene rings is 1. The maximum Gasteiger partial charge on any atom is 0.224 e. The number of amides is 1. The van der Waals surface area contributed by atoms with Crippen molar-refractivity contribution in [1.29, 1.82) is 0 Å². The molecule has 0 aliphatic carbocycles. The molecule has 0 N–H and O–H groups in total. The Morgan fingerprint density at radius 1 is 1.28 bits per heavy atom. The molecule has 1 aliphatic rings. The van der Waals surface area contributed by atoms with Crippen LogP contribution < -0.4 is 0 Å². The molecular formula is C12H13NO4S. The maximum absolute atomic E-state index is 11.8. The van der Waals surface area contributed by atoms with E-state index < -0.39 is 9.84 Å². The first-order chi connectivity index (χ1) is 8.38. The minimum absolute atomic E-state index is 0.0175. The summed E-state index contributed by atoms with van der Waals surface area (Å²) in [4.78, 5) is 24.5. The number of carbonyl (C=O) groups excluding carboxylic acids is 2. The van der Waals surface area contributed by atoms with E-state index in [-0.39, 0.29) is 23.1 Å². The van der Waals surface area contributed by atoms with Gasteiger partial charge in [-0.15, -0.1) is 0 Å². The molecule has 0 atom stereocenters. The molecule has 6 heteroatoms. The molecule has 0 radical (unpaired) electrons. The summed E-state index contributed by atoms with van der Waals surface area (Å²) in [6.45, 7) is 0.684. The minimum Gasteiger partial charge on any atom is -0.334 e. The highest BCUT2D eigenvalue weighted by atomic mass is 32.2. The zero-order chi connectivity index (χ0) is 13.3. The highest BCUT2D eigenvalue weighted by Crippen LogP contribution is 2.13. The lowest BCUT2D eigenvalue weighted by Gasteiger charge is -2.29. The van der Waals surface area contributed by atoms with Gasteiger partial charge in [-0.3, -0.25) is 9.59 Å². The highest BCUT2D eigenvalue weighted by molar-refractivity contribution is 7.90. The summed E-state index contributed by atoms with van der Waals surface area (Å²) in [5.74, 6) is -0.195. The summed E-state index contributed by atoms with van der Waals surface area (Å²) >= 11 is 0. The lowest BCUT2D eigenvalue weighted by molar-refractivity contribution is -0.138. The molecule has 5 nitrogen and oxygen atoms in total. The molecule has 2 rings (SSSR count). The number of hydrogen-bond acceptors (Lipinski definition) is 4. The summed E-state index contributed by atoms with van der Waals surface area (Å²) in [7, 11) is -3.25. The minimum atomic E-state index is -3.25. The molecular weight excluding hydrogens is 254 g/mol. The molecule has 0 bridgehead atoms. The van der Waals surface area contributed by atoms with E-state index in [2.05, 4.69) is 0 Å². The normalized spacial score (nSPS) is 15.4. The number of nitrogens with zero attached hydrogens (tertiary/aromatic N) is 1. The highest BCUT2D eigenvalue weighted by Gasteiger charge is 2.25. The van der Waals surface area contributed by atoms with E-state index in [4.69, 9.17) is 0 Å². The van der Waals surface area contributed by atoms with Gasteiger partial charge >= 0.3 is 0 Å². The Bertz CT molecular complexity index is 589. The molecule has 1 amide bonds. The molecule has 0 spiro atoms. The standard InChI is InChI=1S/C12H13NO4S/c1-18(16,17)10-4-2-9(3-5-10)11(14)8-13-7-6-12(13)15/h2-5H,6-8H2,1H3. The predicted octanol–water partition coefficient (Wildman–Crippen LogP) is 0.505. The number of ketones is 1. The number of sulfone groups is 1. The number of rotatable bonds is 4. The Balaban J connectivity index is 2.10. The molecule has 1 heterocycles. The second kappa shape index (κ2) is 4.53. The molecule has 1 aromatic rings. The van der Waals surface area contributed by atoms with Crippen LogP contribution in [0.5, 0.6) is 0 Å². The maximum atomic E-state index is 11.8. The lowest BCUT2D eigenvalue weighted by Crippen LogP contribution is -2.46. The van der Waals surface area contributed by atoms with Gasteiger partial charge in [-0.1, -0.05) is 12.1 Å². The largest absolute Gasteiger partial charge is 0.334 e. The first kappa shape index (κ1) is 12.8. The molecule has 0 saturated carbocycles. The van der Waals surface area contributed by atoms with Crippen LogP contribution in [0.4, 0.5) is 0 Å². The van der Waals surface area contributed by atoms with Gasteiger partial charge in [0.15, 0.2) is 15.6 Å². The lowest BCUT2D eigenvalue weighted by atomic mass is 10.1. The van der Waals surface area contributed by atoms with Crippen molar-refractivity contribution in [2.75, 3.05) is 19.3 Å². The molecule has 1 aromatic carbocycles. The topological polar surface area (TPSA) is 71.5 Å². The Kier molecular flexibility index (Phi) is 3.21. The van der Waals surface area contributed by atoms with Gasteiger partial charge in [0.1, 0.15) is 0 Å². The molecule has 18 heavy (non-hydrogen) atoms. The summed E-state index contributed by atoms with van der Waals surface area (Å²) in [6.07, 6.45) is 1.61. The van der Waals surface area contributed by atoms with E-state index in [1.807, 2.05) is 0 Å². The van der Waals surface area contributed by atoms with Crippen LogP contribution in [0, 0.1) is 0 Å². The van der Waals surface area contributed by atoms with E-state index in [1.54, 1.807) is 0 Å². The Labute approximate surface area is 105 Å². The van der Waals surface area contributed by atoms with Crippen molar-refractivity contribution in [1.82, 2.24) is 4.90 Å². The van der Waals surface area contributed by atoms with Crippen molar-refractivity contribution >= 4 is 21.5 Å². The van der Waals surface area contributed by atoms with Crippen LogP contribution in [0.2, 0.25) is 0 Å². The molecule has 96 valence electrons. The van der Waals surface area contributed by atoms with Crippen molar-refractivity contribution in [3.63, 3.8) is 0 Å². The number of likely N-dealkylation sites (tertiary alicyclic amines) is 1. The van der Waals surface area contributed by atoms with Gasteiger partial charge in [-0.2, -0.15) is 0 Å². The molecule has 1 saturated heterocycles. The first-order valence-electron chi connectivity index (χ1n) is 5.49. The van der Waals surface area contributed by atoms with Gasteiger partial charge in [0.25, 0.3) is 0 Å². The van der Waals surface area contributed by atoms with Gasteiger partial charge in [-0.05, 0) is 12.1 Å². The third-order valence-electron chi connectivity index (χ3n) is 2.89. The summed E-state index contributed by atoms with van der Waals surface area (Å²) in [5.41, 5.74) is 0.419. The van der Waals surface area contributed by atoms with Crippen LogP contribution in [0.1, 0.15) is 16.8 Å². The van der Waals surface area contributed by atoms with Crippen molar-refractivity contribution in [3.8, 4) is 0 Å². The Morgan fingerprint density at radius 2 is 1.89 bits per heavy atom. The van der Waals surface area contributed by atoms with Crippen LogP contribution in [0.3, 0.4) is 0 Å². The fraction of sp³-hybridized carbons (Fsp3) is 0.333. The summed E-state index contributed by atoms with van der Waals surface area (Å²) in [6, 6.07) is 5.76. The fourth-order valence-corrected chi connectivity index (χ4v) is 2.31. The average molecular weight is 267 g/mol. The first-order valence-corrected chi connectivity index (χ1v) is 7.38. The number of β-lactam (4-membered cyclic amide) rings is 1. The SMILES string of the molecule is CS(=O)(=O)c1ccc(C(=O)CN2CCC2=O)cc1.